The molecule has 6 heteroatoms. The molecule has 1 aliphatic rings. The number of rotatable bonds is 4. The van der Waals surface area contributed by atoms with E-state index in [1.807, 2.05) is 43.3 Å². The smallest absolute Gasteiger partial charge is 0.276 e. The summed E-state index contributed by atoms with van der Waals surface area (Å²) < 4.78 is 7.43. The molecule has 0 radical (unpaired) electrons. The summed E-state index contributed by atoms with van der Waals surface area (Å²) in [6.07, 6.45) is 0. The molecule has 0 aliphatic carbocycles. The van der Waals surface area contributed by atoms with Crippen LogP contribution in [0.4, 0.5) is 5.69 Å². The van der Waals surface area contributed by atoms with Crippen LogP contribution in [0, 0.1) is 18.3 Å². The van der Waals surface area contributed by atoms with Gasteiger partial charge in [-0.15, -0.1) is 5.10 Å². The first-order valence-corrected chi connectivity index (χ1v) is 8.72. The average Bonchev–Trinajstić information content (AvgIpc) is 3.12. The standard InChI is InChI=1S/C21H18N4O2/c1-15-5-7-18(8-6-15)24-9-10-25-19(21(24)26)12-20(23-25)27-14-17-4-2-3-16(11-17)13-22/h2-8,11-12H,9-10,14H2,1H3. The van der Waals surface area contributed by atoms with E-state index in [0.29, 0.717) is 36.8 Å². The molecule has 6 nitrogen and oxygen atoms in total. The Kier molecular flexibility index (Phi) is 4.35. The number of aryl methyl sites for hydroxylation is 1. The van der Waals surface area contributed by atoms with Crippen molar-refractivity contribution in [1.29, 1.82) is 5.26 Å². The van der Waals surface area contributed by atoms with Crippen molar-refractivity contribution in [2.75, 3.05) is 11.4 Å². The summed E-state index contributed by atoms with van der Waals surface area (Å²) >= 11 is 0. The number of benzene rings is 2. The van der Waals surface area contributed by atoms with Gasteiger partial charge >= 0.3 is 0 Å². The fourth-order valence-electron chi connectivity index (χ4n) is 3.10. The third-order valence-electron chi connectivity index (χ3n) is 4.55. The quantitative estimate of drug-likeness (QED) is 0.717. The van der Waals surface area contributed by atoms with Crippen LogP contribution in [0.1, 0.15) is 27.2 Å². The molecule has 0 atom stereocenters. The summed E-state index contributed by atoms with van der Waals surface area (Å²) in [7, 11) is 0. The third kappa shape index (κ3) is 3.40. The molecule has 0 saturated heterocycles. The molecular formula is C21H18N4O2. The second kappa shape index (κ2) is 6.96. The van der Waals surface area contributed by atoms with Crippen LogP contribution in [0.5, 0.6) is 5.88 Å². The first-order valence-electron chi connectivity index (χ1n) is 8.72. The second-order valence-corrected chi connectivity index (χ2v) is 6.48. The van der Waals surface area contributed by atoms with E-state index in [4.69, 9.17) is 10.00 Å². The van der Waals surface area contributed by atoms with Gasteiger partial charge in [-0.25, -0.2) is 0 Å². The molecule has 2 aromatic carbocycles. The third-order valence-corrected chi connectivity index (χ3v) is 4.55. The molecule has 2 heterocycles. The number of carbonyl (C=O) groups is 1. The van der Waals surface area contributed by atoms with Crippen molar-refractivity contribution in [3.8, 4) is 11.9 Å². The average molecular weight is 358 g/mol. The minimum Gasteiger partial charge on any atom is -0.472 e. The number of aromatic nitrogens is 2. The maximum Gasteiger partial charge on any atom is 0.276 e. The molecular weight excluding hydrogens is 340 g/mol. The van der Waals surface area contributed by atoms with Crippen LogP contribution in [0.15, 0.2) is 54.6 Å². The molecule has 0 unspecified atom stereocenters. The highest BCUT2D eigenvalue weighted by molar-refractivity contribution is 6.05. The van der Waals surface area contributed by atoms with Crippen molar-refractivity contribution in [2.45, 2.75) is 20.1 Å². The van der Waals surface area contributed by atoms with Gasteiger partial charge in [-0.05, 0) is 36.8 Å². The highest BCUT2D eigenvalue weighted by Gasteiger charge is 2.27. The Morgan fingerprint density at radius 2 is 1.96 bits per heavy atom. The maximum absolute atomic E-state index is 12.8. The lowest BCUT2D eigenvalue weighted by Gasteiger charge is -2.27. The Hall–Kier alpha value is -3.59. The molecule has 1 aromatic heterocycles. The molecule has 27 heavy (non-hydrogen) atoms. The monoisotopic (exact) mass is 358 g/mol. The van der Waals surface area contributed by atoms with Crippen molar-refractivity contribution >= 4 is 11.6 Å². The van der Waals surface area contributed by atoms with Gasteiger partial charge in [0.2, 0.25) is 5.88 Å². The zero-order chi connectivity index (χ0) is 18.8. The van der Waals surface area contributed by atoms with Crippen LogP contribution in [-0.4, -0.2) is 22.2 Å². The van der Waals surface area contributed by atoms with E-state index in [1.54, 1.807) is 27.8 Å². The van der Waals surface area contributed by atoms with Gasteiger partial charge in [0.05, 0.1) is 18.2 Å². The van der Waals surface area contributed by atoms with Crippen LogP contribution in [0.25, 0.3) is 0 Å². The van der Waals surface area contributed by atoms with Gasteiger partial charge in [0.25, 0.3) is 5.91 Å². The SMILES string of the molecule is Cc1ccc(N2CCn3nc(OCc4cccc(C#N)c4)cc3C2=O)cc1. The van der Waals surface area contributed by atoms with E-state index < -0.39 is 0 Å². The van der Waals surface area contributed by atoms with Gasteiger partial charge in [-0.1, -0.05) is 29.8 Å². The number of anilines is 1. The second-order valence-electron chi connectivity index (χ2n) is 6.48. The van der Waals surface area contributed by atoms with Crippen LogP contribution < -0.4 is 9.64 Å². The van der Waals surface area contributed by atoms with E-state index in [-0.39, 0.29) is 5.91 Å². The normalized spacial score (nSPS) is 13.2. The number of carbonyl (C=O) groups excluding carboxylic acids is 1. The molecule has 0 saturated carbocycles. The predicted octanol–water partition coefficient (Wildman–Crippen LogP) is 3.30. The number of nitriles is 1. The topological polar surface area (TPSA) is 71.2 Å². The summed E-state index contributed by atoms with van der Waals surface area (Å²) in [6, 6.07) is 18.9. The Labute approximate surface area is 157 Å². The zero-order valence-corrected chi connectivity index (χ0v) is 14.9. The Morgan fingerprint density at radius 3 is 2.74 bits per heavy atom. The van der Waals surface area contributed by atoms with Crippen molar-refractivity contribution < 1.29 is 9.53 Å². The van der Waals surface area contributed by atoms with E-state index in [0.717, 1.165) is 16.8 Å². The lowest BCUT2D eigenvalue weighted by atomic mass is 10.1. The highest BCUT2D eigenvalue weighted by Crippen LogP contribution is 2.24. The largest absolute Gasteiger partial charge is 0.472 e. The molecule has 4 rings (SSSR count). The van der Waals surface area contributed by atoms with Crippen LogP contribution in [-0.2, 0) is 13.2 Å². The summed E-state index contributed by atoms with van der Waals surface area (Å²) in [4.78, 5) is 14.6. The number of nitrogens with zero attached hydrogens (tertiary/aromatic N) is 4. The highest BCUT2D eigenvalue weighted by atomic mass is 16.5. The zero-order valence-electron chi connectivity index (χ0n) is 14.9. The number of hydrogen-bond acceptors (Lipinski definition) is 4. The fraction of sp³-hybridized carbons (Fsp3) is 0.190. The summed E-state index contributed by atoms with van der Waals surface area (Å²) in [5.74, 6) is 0.324. The molecule has 1 amide bonds. The van der Waals surface area contributed by atoms with E-state index in [1.165, 1.54) is 0 Å². The van der Waals surface area contributed by atoms with Gasteiger partial charge in [-0.2, -0.15) is 5.26 Å². The number of hydrogen-bond donors (Lipinski definition) is 0. The molecule has 134 valence electrons. The first kappa shape index (κ1) is 16.9. The summed E-state index contributed by atoms with van der Waals surface area (Å²) in [5, 5.41) is 13.4. The fourth-order valence-corrected chi connectivity index (χ4v) is 3.10. The first-order chi connectivity index (χ1) is 13.1. The van der Waals surface area contributed by atoms with E-state index in [2.05, 4.69) is 11.2 Å². The van der Waals surface area contributed by atoms with Gasteiger partial charge in [-0.3, -0.25) is 9.48 Å². The van der Waals surface area contributed by atoms with Crippen molar-refractivity contribution in [3.63, 3.8) is 0 Å². The lowest BCUT2D eigenvalue weighted by Crippen LogP contribution is -2.40. The number of amides is 1. The number of fused-ring (bicyclic) bond motifs is 1. The molecule has 3 aromatic rings. The van der Waals surface area contributed by atoms with E-state index in [9.17, 15) is 4.79 Å². The Bertz CT molecular complexity index is 1030. The van der Waals surface area contributed by atoms with Crippen LogP contribution >= 0.6 is 0 Å². The minimum absolute atomic E-state index is 0.0843. The molecule has 0 fully saturated rings. The summed E-state index contributed by atoms with van der Waals surface area (Å²) in [6.45, 7) is 3.50. The van der Waals surface area contributed by atoms with Gasteiger partial charge in [0.15, 0.2) is 0 Å². The Morgan fingerprint density at radius 1 is 1.15 bits per heavy atom. The molecule has 0 bridgehead atoms. The number of ether oxygens (including phenoxy) is 1. The van der Waals surface area contributed by atoms with Gasteiger partial charge in [0, 0.05) is 18.3 Å². The van der Waals surface area contributed by atoms with Crippen molar-refractivity contribution in [2.24, 2.45) is 0 Å². The minimum atomic E-state index is -0.0843. The molecule has 0 spiro atoms. The lowest BCUT2D eigenvalue weighted by molar-refractivity contribution is 0.0962. The maximum atomic E-state index is 12.8. The summed E-state index contributed by atoms with van der Waals surface area (Å²) in [5.41, 5.74) is 4.03. The Balaban J connectivity index is 1.50. The van der Waals surface area contributed by atoms with Gasteiger partial charge < -0.3 is 9.64 Å². The molecule has 1 aliphatic heterocycles. The molecule has 0 N–H and O–H groups in total. The van der Waals surface area contributed by atoms with Crippen molar-refractivity contribution in [3.05, 3.63) is 77.0 Å². The predicted molar refractivity (Wildman–Crippen MR) is 101 cm³/mol. The van der Waals surface area contributed by atoms with Crippen LogP contribution in [0.2, 0.25) is 0 Å². The van der Waals surface area contributed by atoms with Crippen LogP contribution in [0.3, 0.4) is 0 Å². The van der Waals surface area contributed by atoms with E-state index >= 15 is 0 Å². The van der Waals surface area contributed by atoms with Gasteiger partial charge in [0.1, 0.15) is 12.3 Å². The van der Waals surface area contributed by atoms with Crippen molar-refractivity contribution in [1.82, 2.24) is 9.78 Å².